The Hall–Kier alpha value is -1.60. The number of halogens is 2. The Morgan fingerprint density at radius 3 is 2.70 bits per heavy atom. The molecule has 8 heteroatoms. The van der Waals surface area contributed by atoms with Gasteiger partial charge in [-0.3, -0.25) is 4.99 Å². The van der Waals surface area contributed by atoms with E-state index >= 15 is 0 Å². The molecule has 1 saturated heterocycles. The number of benzene rings is 1. The lowest BCUT2D eigenvalue weighted by Gasteiger charge is -2.35. The zero-order valence-corrected chi connectivity index (χ0v) is 19.2. The lowest BCUT2D eigenvalue weighted by molar-refractivity contribution is 0.146. The molecule has 0 aliphatic carbocycles. The number of allylic oxidation sites excluding steroid dienone is 1. The molecule has 2 N–H and O–H groups in total. The van der Waals surface area contributed by atoms with Gasteiger partial charge in [-0.2, -0.15) is 0 Å². The minimum Gasteiger partial charge on any atom is -0.396 e. The molecule has 0 spiro atoms. The van der Waals surface area contributed by atoms with Gasteiger partial charge in [0.2, 0.25) is 0 Å². The van der Waals surface area contributed by atoms with Crippen LogP contribution in [0.15, 0.2) is 23.2 Å². The topological polar surface area (TPSA) is 68.2 Å². The predicted molar refractivity (Wildman–Crippen MR) is 124 cm³/mol. The third kappa shape index (κ3) is 5.17. The van der Waals surface area contributed by atoms with Crippen molar-refractivity contribution in [2.75, 3.05) is 33.8 Å². The van der Waals surface area contributed by atoms with Crippen LogP contribution in [0.5, 0.6) is 0 Å². The van der Waals surface area contributed by atoms with Crippen molar-refractivity contribution in [1.82, 2.24) is 15.1 Å². The Morgan fingerprint density at radius 2 is 2.03 bits per heavy atom. The monoisotopic (exact) mass is 452 g/mol. The maximum Gasteiger partial charge on any atom is 0.317 e. The van der Waals surface area contributed by atoms with E-state index in [-0.39, 0.29) is 30.8 Å². The molecule has 0 radical (unpaired) electrons. The van der Waals surface area contributed by atoms with Gasteiger partial charge in [-0.25, -0.2) is 4.79 Å². The molecule has 0 saturated carbocycles. The largest absolute Gasteiger partial charge is 0.396 e. The van der Waals surface area contributed by atoms with E-state index < -0.39 is 0 Å². The third-order valence-corrected chi connectivity index (χ3v) is 6.88. The van der Waals surface area contributed by atoms with Crippen molar-refractivity contribution in [3.05, 3.63) is 39.4 Å². The van der Waals surface area contributed by atoms with Crippen molar-refractivity contribution < 1.29 is 9.90 Å². The number of rotatable bonds is 6. The van der Waals surface area contributed by atoms with Crippen molar-refractivity contribution >= 4 is 41.0 Å². The first-order chi connectivity index (χ1) is 14.3. The number of hydrogen-bond donors (Lipinski definition) is 2. The number of aliphatic hydroxyl groups is 1. The highest BCUT2D eigenvalue weighted by Crippen LogP contribution is 2.37. The van der Waals surface area contributed by atoms with Crippen LogP contribution in [0.3, 0.4) is 0 Å². The van der Waals surface area contributed by atoms with Crippen molar-refractivity contribution in [1.29, 1.82) is 0 Å². The van der Waals surface area contributed by atoms with Crippen LogP contribution < -0.4 is 5.32 Å². The summed E-state index contributed by atoms with van der Waals surface area (Å²) in [6.07, 6.45) is 6.28. The number of carbonyl (C=O) groups excluding carboxylic acids is 1. The van der Waals surface area contributed by atoms with E-state index in [1.54, 1.807) is 11.1 Å². The van der Waals surface area contributed by atoms with Crippen molar-refractivity contribution in [3.63, 3.8) is 0 Å². The summed E-state index contributed by atoms with van der Waals surface area (Å²) in [5.74, 6) is 0. The van der Waals surface area contributed by atoms with Crippen LogP contribution >= 0.6 is 23.2 Å². The first kappa shape index (κ1) is 23.1. The maximum atomic E-state index is 12.8. The second-order valence-corrected chi connectivity index (χ2v) is 8.88. The van der Waals surface area contributed by atoms with Gasteiger partial charge in [0.25, 0.3) is 0 Å². The van der Waals surface area contributed by atoms with Crippen molar-refractivity contribution in [3.8, 4) is 0 Å². The average Bonchev–Trinajstić information content (AvgIpc) is 3.18. The van der Waals surface area contributed by atoms with E-state index in [9.17, 15) is 4.79 Å². The molecule has 1 aromatic carbocycles. The summed E-state index contributed by atoms with van der Waals surface area (Å²) in [7, 11) is 3.96. The van der Waals surface area contributed by atoms with Crippen LogP contribution in [-0.4, -0.2) is 73.0 Å². The number of aliphatic hydroxyl groups excluding tert-OH is 1. The molecule has 1 aromatic rings. The number of likely N-dealkylation sites (tertiary alicyclic amines) is 1. The summed E-state index contributed by atoms with van der Waals surface area (Å²) in [5, 5.41) is 13.0. The lowest BCUT2D eigenvalue weighted by Crippen LogP contribution is -2.48. The first-order valence-corrected chi connectivity index (χ1v) is 11.1. The van der Waals surface area contributed by atoms with E-state index in [0.717, 1.165) is 42.6 Å². The van der Waals surface area contributed by atoms with E-state index in [4.69, 9.17) is 28.3 Å². The van der Waals surface area contributed by atoms with Crippen LogP contribution in [0.2, 0.25) is 10.0 Å². The summed E-state index contributed by atoms with van der Waals surface area (Å²) in [5.41, 5.74) is 2.47. The highest BCUT2D eigenvalue weighted by molar-refractivity contribution is 6.44. The number of carbonyl (C=O) groups is 1. The quantitative estimate of drug-likeness (QED) is 0.684. The molecule has 2 atom stereocenters. The summed E-state index contributed by atoms with van der Waals surface area (Å²) in [4.78, 5) is 21.2. The second kappa shape index (κ2) is 10.1. The van der Waals surface area contributed by atoms with Crippen LogP contribution in [0, 0.1) is 0 Å². The summed E-state index contributed by atoms with van der Waals surface area (Å²) >= 11 is 13.2. The number of nitrogens with zero attached hydrogens (tertiary/aromatic N) is 3. The summed E-state index contributed by atoms with van der Waals surface area (Å²) in [6.45, 7) is 3.99. The van der Waals surface area contributed by atoms with Gasteiger partial charge in [-0.05, 0) is 57.5 Å². The molecular formula is C22H30Cl2N4O2. The van der Waals surface area contributed by atoms with Crippen LogP contribution in [-0.2, 0) is 0 Å². The average molecular weight is 453 g/mol. The molecule has 30 heavy (non-hydrogen) atoms. The summed E-state index contributed by atoms with van der Waals surface area (Å²) < 4.78 is 0. The maximum absolute atomic E-state index is 12.8. The molecule has 3 rings (SSSR count). The second-order valence-electron chi connectivity index (χ2n) is 8.13. The molecule has 0 bridgehead atoms. The SMILES string of the molecule is CC(NC(=O)N(C)C1CCN(C)CC1)c1ccc(C2=CC(CCO)N=C2)c(Cl)c1Cl. The Labute approximate surface area is 188 Å². The highest BCUT2D eigenvalue weighted by Gasteiger charge is 2.26. The van der Waals surface area contributed by atoms with Gasteiger partial charge in [0.1, 0.15) is 0 Å². The molecule has 0 aromatic heterocycles. The van der Waals surface area contributed by atoms with E-state index in [1.165, 1.54) is 0 Å². The number of piperidine rings is 1. The molecule has 1 fully saturated rings. The first-order valence-electron chi connectivity index (χ1n) is 10.4. The van der Waals surface area contributed by atoms with Gasteiger partial charge in [0.15, 0.2) is 0 Å². The molecular weight excluding hydrogens is 423 g/mol. The predicted octanol–water partition coefficient (Wildman–Crippen LogP) is 4.01. The molecule has 2 heterocycles. The molecule has 2 unspecified atom stereocenters. The van der Waals surface area contributed by atoms with Crippen LogP contribution in [0.25, 0.3) is 5.57 Å². The van der Waals surface area contributed by atoms with E-state index in [0.29, 0.717) is 16.5 Å². The fourth-order valence-corrected chi connectivity index (χ4v) is 4.56. The zero-order valence-electron chi connectivity index (χ0n) is 17.7. The third-order valence-electron chi connectivity index (χ3n) is 5.99. The fraction of sp³-hybridized carbons (Fsp3) is 0.545. The standard InChI is InChI=1S/C22H30Cl2N4O2/c1-14(26-22(30)28(3)17-6-9-27(2)10-7-17)18-4-5-19(21(24)20(18)23)15-12-16(8-11-29)25-13-15/h4-5,12-14,16-17,29H,6-11H2,1-3H3,(H,26,30). The molecule has 2 aliphatic rings. The highest BCUT2D eigenvalue weighted by atomic mass is 35.5. The zero-order chi connectivity index (χ0) is 21.8. The van der Waals surface area contributed by atoms with E-state index in [1.807, 2.05) is 32.2 Å². The number of hydrogen-bond acceptors (Lipinski definition) is 4. The summed E-state index contributed by atoms with van der Waals surface area (Å²) in [6, 6.07) is 3.64. The Bertz CT molecular complexity index is 835. The van der Waals surface area contributed by atoms with Gasteiger partial charge in [0, 0.05) is 31.5 Å². The Morgan fingerprint density at radius 1 is 1.33 bits per heavy atom. The normalized spacial score (nSPS) is 20.9. The van der Waals surface area contributed by atoms with Crippen molar-refractivity contribution in [2.45, 2.75) is 44.3 Å². The number of aliphatic imine (C=N–C) groups is 1. The number of nitrogens with one attached hydrogen (secondary N) is 1. The minimum absolute atomic E-state index is 0.0344. The van der Waals surface area contributed by atoms with Crippen LogP contribution in [0.1, 0.15) is 43.4 Å². The minimum atomic E-state index is -0.279. The Kier molecular flexibility index (Phi) is 7.80. The van der Waals surface area contributed by atoms with Gasteiger partial charge in [-0.1, -0.05) is 41.4 Å². The Balaban J connectivity index is 1.68. The fourth-order valence-electron chi connectivity index (χ4n) is 3.95. The lowest BCUT2D eigenvalue weighted by atomic mass is 10.0. The van der Waals surface area contributed by atoms with Gasteiger partial charge in [0.05, 0.1) is 22.1 Å². The molecule has 164 valence electrons. The van der Waals surface area contributed by atoms with Gasteiger partial charge in [-0.15, -0.1) is 0 Å². The molecule has 2 aliphatic heterocycles. The number of urea groups is 1. The van der Waals surface area contributed by atoms with Crippen molar-refractivity contribution in [2.24, 2.45) is 4.99 Å². The number of amides is 2. The molecule has 6 nitrogen and oxygen atoms in total. The van der Waals surface area contributed by atoms with Gasteiger partial charge < -0.3 is 20.2 Å². The smallest absolute Gasteiger partial charge is 0.317 e. The molecule has 2 amide bonds. The van der Waals surface area contributed by atoms with Crippen LogP contribution in [0.4, 0.5) is 4.79 Å². The van der Waals surface area contributed by atoms with Gasteiger partial charge >= 0.3 is 6.03 Å². The van der Waals surface area contributed by atoms with E-state index in [2.05, 4.69) is 22.3 Å².